The molecule has 1 aromatic carbocycles. The Morgan fingerprint density at radius 3 is 2.43 bits per heavy atom. The van der Waals surface area contributed by atoms with Gasteiger partial charge in [-0.1, -0.05) is 11.6 Å². The molecule has 0 bridgehead atoms. The number of amides is 2. The van der Waals surface area contributed by atoms with Crippen molar-refractivity contribution in [2.45, 2.75) is 64.2 Å². The quantitative estimate of drug-likeness (QED) is 0.424. The number of ether oxygens (including phenoxy) is 2. The number of hydrogen-bond donors (Lipinski definition) is 2. The zero-order valence-corrected chi connectivity index (χ0v) is 22.8. The molecule has 0 saturated carbocycles. The largest absolute Gasteiger partial charge is 0.493 e. The number of benzene rings is 1. The first-order valence-electron chi connectivity index (χ1n) is 12.0. The Kier molecular flexibility index (Phi) is 9.52. The third kappa shape index (κ3) is 7.41. The Bertz CT molecular complexity index is 1070. The van der Waals surface area contributed by atoms with E-state index >= 15 is 0 Å². The van der Waals surface area contributed by atoms with Gasteiger partial charge in [-0.2, -0.15) is 0 Å². The normalized spacial score (nSPS) is 17.6. The molecule has 2 aromatic rings. The maximum atomic E-state index is 13.3. The van der Waals surface area contributed by atoms with Crippen molar-refractivity contribution >= 4 is 30.5 Å². The van der Waals surface area contributed by atoms with Crippen molar-refractivity contribution in [2.24, 2.45) is 0 Å². The SMILES string of the molecule is COCC(NC(=O)c1cnccn1)C(=O)NC(CCOc1ccc(Cl)cc1C)B1OC(C)(C)C(C)(C)O1. The summed E-state index contributed by atoms with van der Waals surface area (Å²) in [5.41, 5.74) is -0.206. The Morgan fingerprint density at radius 1 is 1.14 bits per heavy atom. The van der Waals surface area contributed by atoms with Gasteiger partial charge < -0.3 is 29.4 Å². The molecule has 0 radical (unpaired) electrons. The predicted molar refractivity (Wildman–Crippen MR) is 139 cm³/mol. The minimum absolute atomic E-state index is 0.0472. The second-order valence-corrected chi connectivity index (χ2v) is 10.3. The van der Waals surface area contributed by atoms with Gasteiger partial charge in [0.2, 0.25) is 5.91 Å². The number of hydrogen-bond acceptors (Lipinski definition) is 8. The van der Waals surface area contributed by atoms with E-state index in [1.165, 1.54) is 25.7 Å². The monoisotopic (exact) mass is 532 g/mol. The number of nitrogens with one attached hydrogen (secondary N) is 2. The number of rotatable bonds is 11. The number of carbonyl (C=O) groups excluding carboxylic acids is 2. The highest BCUT2D eigenvalue weighted by Crippen LogP contribution is 2.38. The second-order valence-electron chi connectivity index (χ2n) is 9.86. The lowest BCUT2D eigenvalue weighted by atomic mass is 9.76. The maximum Gasteiger partial charge on any atom is 0.481 e. The molecule has 2 amide bonds. The molecule has 2 atom stereocenters. The molecule has 1 aliphatic heterocycles. The molecule has 0 aliphatic carbocycles. The van der Waals surface area contributed by atoms with E-state index in [-0.39, 0.29) is 18.9 Å². The smallest absolute Gasteiger partial charge is 0.481 e. The van der Waals surface area contributed by atoms with Gasteiger partial charge in [0.15, 0.2) is 0 Å². The van der Waals surface area contributed by atoms with Crippen molar-refractivity contribution in [3.05, 3.63) is 53.1 Å². The van der Waals surface area contributed by atoms with E-state index in [0.717, 1.165) is 5.56 Å². The lowest BCUT2D eigenvalue weighted by molar-refractivity contribution is -0.124. The van der Waals surface area contributed by atoms with Gasteiger partial charge in [-0.05, 0) is 58.4 Å². The number of aromatic nitrogens is 2. The van der Waals surface area contributed by atoms with Crippen molar-refractivity contribution in [3.63, 3.8) is 0 Å². The number of aryl methyl sites for hydroxylation is 1. The van der Waals surface area contributed by atoms with Crippen LogP contribution in [0.3, 0.4) is 0 Å². The zero-order chi connectivity index (χ0) is 27.2. The Balaban J connectivity index is 1.73. The fraction of sp³-hybridized carbons (Fsp3) is 0.520. The summed E-state index contributed by atoms with van der Waals surface area (Å²) in [6.07, 6.45) is 4.55. The maximum absolute atomic E-state index is 13.3. The molecule has 10 nitrogen and oxygen atoms in total. The van der Waals surface area contributed by atoms with E-state index in [2.05, 4.69) is 20.6 Å². The van der Waals surface area contributed by atoms with Gasteiger partial charge in [0.05, 0.1) is 36.6 Å². The van der Waals surface area contributed by atoms with E-state index in [9.17, 15) is 9.59 Å². The molecule has 1 fully saturated rings. The van der Waals surface area contributed by atoms with Crippen molar-refractivity contribution < 1.29 is 28.4 Å². The summed E-state index contributed by atoms with van der Waals surface area (Å²) < 4.78 is 23.6. The summed E-state index contributed by atoms with van der Waals surface area (Å²) in [6, 6.07) is 4.40. The lowest BCUT2D eigenvalue weighted by Crippen LogP contribution is -2.56. The first kappa shape index (κ1) is 28.8. The van der Waals surface area contributed by atoms with Gasteiger partial charge in [0, 0.05) is 30.9 Å². The van der Waals surface area contributed by atoms with Crippen LogP contribution >= 0.6 is 11.6 Å². The van der Waals surface area contributed by atoms with E-state index < -0.39 is 42.1 Å². The molecule has 37 heavy (non-hydrogen) atoms. The van der Waals surface area contributed by atoms with Crippen LogP contribution in [-0.4, -0.2) is 72.4 Å². The number of carbonyl (C=O) groups is 2. The van der Waals surface area contributed by atoms with Crippen LogP contribution in [0.2, 0.25) is 5.02 Å². The van der Waals surface area contributed by atoms with Crippen molar-refractivity contribution in [3.8, 4) is 5.75 Å². The fourth-order valence-electron chi connectivity index (χ4n) is 3.68. The molecule has 200 valence electrons. The third-order valence-electron chi connectivity index (χ3n) is 6.50. The van der Waals surface area contributed by atoms with E-state index in [1.54, 1.807) is 12.1 Å². The first-order valence-corrected chi connectivity index (χ1v) is 12.4. The molecule has 2 heterocycles. The van der Waals surface area contributed by atoms with Crippen LogP contribution in [0.1, 0.15) is 50.2 Å². The third-order valence-corrected chi connectivity index (χ3v) is 6.74. The van der Waals surface area contributed by atoms with Crippen LogP contribution in [0.25, 0.3) is 0 Å². The fourth-order valence-corrected chi connectivity index (χ4v) is 3.91. The summed E-state index contributed by atoms with van der Waals surface area (Å²) in [5, 5.41) is 6.24. The van der Waals surface area contributed by atoms with Crippen LogP contribution in [-0.2, 0) is 18.8 Å². The van der Waals surface area contributed by atoms with E-state index in [1.807, 2.05) is 40.7 Å². The highest BCUT2D eigenvalue weighted by atomic mass is 35.5. The molecule has 1 saturated heterocycles. The zero-order valence-electron chi connectivity index (χ0n) is 22.0. The predicted octanol–water partition coefficient (Wildman–Crippen LogP) is 2.77. The van der Waals surface area contributed by atoms with Gasteiger partial charge >= 0.3 is 7.12 Å². The minimum atomic E-state index is -0.983. The van der Waals surface area contributed by atoms with Gasteiger partial charge in [-0.15, -0.1) is 0 Å². The molecule has 1 aliphatic rings. The number of nitrogens with zero attached hydrogens (tertiary/aromatic N) is 2. The standard InChI is InChI=1S/C25H34BClN4O6/c1-16-13-17(27)7-8-20(16)35-12-9-21(26-36-24(2,3)25(4,5)37-26)31-23(33)19(15-34-6)30-22(32)18-14-28-10-11-29-18/h7-8,10-11,13-14,19,21H,9,12,15H2,1-6H3,(H,30,32)(H,31,33). The average Bonchev–Trinajstić information content (AvgIpc) is 3.06. The van der Waals surface area contributed by atoms with E-state index in [4.69, 9.17) is 30.4 Å². The summed E-state index contributed by atoms with van der Waals surface area (Å²) in [7, 11) is 0.714. The molecule has 1 aromatic heterocycles. The molecule has 0 spiro atoms. The highest BCUT2D eigenvalue weighted by Gasteiger charge is 2.54. The average molecular weight is 533 g/mol. The second kappa shape index (κ2) is 12.2. The number of halogens is 1. The van der Waals surface area contributed by atoms with E-state index in [0.29, 0.717) is 17.2 Å². The lowest BCUT2D eigenvalue weighted by Gasteiger charge is -2.32. The minimum Gasteiger partial charge on any atom is -0.493 e. The Labute approximate surface area is 222 Å². The van der Waals surface area contributed by atoms with Crippen LogP contribution in [0.4, 0.5) is 0 Å². The van der Waals surface area contributed by atoms with Crippen LogP contribution in [0, 0.1) is 6.92 Å². The van der Waals surface area contributed by atoms with Gasteiger partial charge in [-0.3, -0.25) is 14.6 Å². The first-order chi connectivity index (χ1) is 17.4. The van der Waals surface area contributed by atoms with Gasteiger partial charge in [0.25, 0.3) is 5.91 Å². The number of methoxy groups -OCH3 is 1. The molecule has 2 N–H and O–H groups in total. The molecule has 3 rings (SSSR count). The van der Waals surface area contributed by atoms with Gasteiger partial charge in [0.1, 0.15) is 17.5 Å². The van der Waals surface area contributed by atoms with Crippen molar-refractivity contribution in [2.75, 3.05) is 20.3 Å². The summed E-state index contributed by atoms with van der Waals surface area (Å²) in [4.78, 5) is 33.8. The highest BCUT2D eigenvalue weighted by molar-refractivity contribution is 6.48. The molecular formula is C25H34BClN4O6. The van der Waals surface area contributed by atoms with Crippen LogP contribution in [0.15, 0.2) is 36.8 Å². The van der Waals surface area contributed by atoms with Crippen LogP contribution in [0.5, 0.6) is 5.75 Å². The molecular weight excluding hydrogens is 499 g/mol. The van der Waals surface area contributed by atoms with Gasteiger partial charge in [-0.25, -0.2) is 4.98 Å². The summed E-state index contributed by atoms with van der Waals surface area (Å²) in [6.45, 7) is 9.89. The summed E-state index contributed by atoms with van der Waals surface area (Å²) >= 11 is 6.05. The van der Waals surface area contributed by atoms with Crippen molar-refractivity contribution in [1.82, 2.24) is 20.6 Å². The Morgan fingerprint density at radius 2 is 1.84 bits per heavy atom. The summed E-state index contributed by atoms with van der Waals surface area (Å²) in [5.74, 6) is -0.883. The topological polar surface area (TPSA) is 121 Å². The van der Waals surface area contributed by atoms with Crippen molar-refractivity contribution in [1.29, 1.82) is 0 Å². The molecule has 2 unspecified atom stereocenters. The molecule has 12 heteroatoms. The van der Waals surface area contributed by atoms with Crippen LogP contribution < -0.4 is 15.4 Å². The Hall–Kier alpha value is -2.73.